The van der Waals surface area contributed by atoms with Crippen molar-refractivity contribution in [2.45, 2.75) is 32.4 Å². The van der Waals surface area contributed by atoms with E-state index in [4.69, 9.17) is 0 Å². The van der Waals surface area contributed by atoms with Crippen LogP contribution in [-0.4, -0.2) is 15.0 Å². The Morgan fingerprint density at radius 2 is 1.58 bits per heavy atom. The van der Waals surface area contributed by atoms with Crippen molar-refractivity contribution in [3.63, 3.8) is 0 Å². The molecule has 0 spiro atoms. The van der Waals surface area contributed by atoms with Gasteiger partial charge in [0.2, 0.25) is 0 Å². The number of nitrogens with zero attached hydrogens (tertiary/aromatic N) is 4. The molecule has 31 heavy (non-hydrogen) atoms. The van der Waals surface area contributed by atoms with E-state index < -0.39 is 35.2 Å². The van der Waals surface area contributed by atoms with Gasteiger partial charge in [-0.05, 0) is 32.0 Å². The highest BCUT2D eigenvalue weighted by Crippen LogP contribution is 2.50. The number of hydrogen-bond acceptors (Lipinski definition) is 5. The van der Waals surface area contributed by atoms with Crippen LogP contribution in [0.4, 0.5) is 43.5 Å². The van der Waals surface area contributed by atoms with Gasteiger partial charge in [-0.2, -0.15) is 26.3 Å². The summed E-state index contributed by atoms with van der Waals surface area (Å²) >= 11 is 0. The third-order valence-electron chi connectivity index (χ3n) is 4.80. The number of pyridine rings is 1. The van der Waals surface area contributed by atoms with Crippen LogP contribution >= 0.6 is 0 Å². The zero-order valence-electron chi connectivity index (χ0n) is 16.2. The number of fused-ring (bicyclic) bond motifs is 1. The van der Waals surface area contributed by atoms with E-state index in [0.717, 1.165) is 6.07 Å². The minimum Gasteiger partial charge on any atom is -0.358 e. The maximum atomic E-state index is 13.8. The molecule has 1 N–H and O–H groups in total. The molecule has 162 valence electrons. The first kappa shape index (κ1) is 20.9. The molecule has 11 heteroatoms. The normalized spacial score (nSPS) is 16.3. The van der Waals surface area contributed by atoms with Gasteiger partial charge in [0.25, 0.3) is 0 Å². The SMILES string of the molecule is Cc1cc(N2c3ccncc3NC2c2c(C(F)(F)F)cccc2C(F)(F)F)nc(C)n1. The molecule has 1 atom stereocenters. The fraction of sp³-hybridized carbons (Fsp3) is 0.250. The van der Waals surface area contributed by atoms with Crippen molar-refractivity contribution in [3.8, 4) is 0 Å². The van der Waals surface area contributed by atoms with E-state index in [0.29, 0.717) is 29.3 Å². The van der Waals surface area contributed by atoms with Crippen LogP contribution in [0.1, 0.15) is 34.4 Å². The number of aromatic nitrogens is 3. The summed E-state index contributed by atoms with van der Waals surface area (Å²) in [5, 5.41) is 2.77. The molecule has 0 bridgehead atoms. The van der Waals surface area contributed by atoms with Gasteiger partial charge in [0.1, 0.15) is 17.8 Å². The Balaban J connectivity index is 2.01. The second-order valence-corrected chi connectivity index (χ2v) is 6.99. The highest BCUT2D eigenvalue weighted by atomic mass is 19.4. The summed E-state index contributed by atoms with van der Waals surface area (Å²) in [4.78, 5) is 13.6. The van der Waals surface area contributed by atoms with Crippen LogP contribution < -0.4 is 10.2 Å². The summed E-state index contributed by atoms with van der Waals surface area (Å²) in [6.45, 7) is 3.25. The summed E-state index contributed by atoms with van der Waals surface area (Å²) in [5.74, 6) is 0.494. The zero-order chi connectivity index (χ0) is 22.6. The topological polar surface area (TPSA) is 53.9 Å². The first-order chi connectivity index (χ1) is 14.5. The van der Waals surface area contributed by atoms with Crippen LogP contribution in [0.15, 0.2) is 42.7 Å². The average Bonchev–Trinajstić information content (AvgIpc) is 3.04. The second kappa shape index (κ2) is 7.10. The van der Waals surface area contributed by atoms with Gasteiger partial charge in [0, 0.05) is 23.5 Å². The molecule has 3 heterocycles. The van der Waals surface area contributed by atoms with Crippen LogP contribution in [0, 0.1) is 13.8 Å². The Kier molecular flexibility index (Phi) is 4.78. The molecule has 1 unspecified atom stereocenters. The first-order valence-electron chi connectivity index (χ1n) is 9.06. The molecule has 0 saturated heterocycles. The maximum Gasteiger partial charge on any atom is 0.416 e. The standard InChI is InChI=1S/C20H15F6N5/c1-10-8-16(29-11(2)28-10)31-15-6-7-27-9-14(15)30-18(31)17-12(19(21,22)23)4-3-5-13(17)20(24,25)26/h3-9,18,30H,1-2H3. The summed E-state index contributed by atoms with van der Waals surface area (Å²) in [6.07, 6.45) is -8.80. The molecule has 0 aliphatic carbocycles. The van der Waals surface area contributed by atoms with E-state index in [1.807, 2.05) is 0 Å². The van der Waals surface area contributed by atoms with Crippen LogP contribution in [0.5, 0.6) is 0 Å². The van der Waals surface area contributed by atoms with Gasteiger partial charge in [-0.3, -0.25) is 9.88 Å². The summed E-state index contributed by atoms with van der Waals surface area (Å²) in [6, 6.07) is 5.03. The van der Waals surface area contributed by atoms with E-state index in [1.54, 1.807) is 13.8 Å². The Morgan fingerprint density at radius 1 is 0.935 bits per heavy atom. The molecule has 0 fully saturated rings. The number of aryl methyl sites for hydroxylation is 2. The number of hydrogen-bond donors (Lipinski definition) is 1. The minimum atomic E-state index is -5.01. The summed E-state index contributed by atoms with van der Waals surface area (Å²) in [7, 11) is 0. The van der Waals surface area contributed by atoms with Gasteiger partial charge in [0.15, 0.2) is 0 Å². The lowest BCUT2D eigenvalue weighted by molar-refractivity contribution is -0.144. The van der Waals surface area contributed by atoms with E-state index in [9.17, 15) is 26.3 Å². The predicted octanol–water partition coefficient (Wildman–Crippen LogP) is 5.79. The number of nitrogens with one attached hydrogen (secondary N) is 1. The van der Waals surface area contributed by atoms with E-state index in [2.05, 4.69) is 20.3 Å². The second-order valence-electron chi connectivity index (χ2n) is 6.99. The number of anilines is 3. The highest BCUT2D eigenvalue weighted by Gasteiger charge is 2.46. The van der Waals surface area contributed by atoms with Gasteiger partial charge in [0.05, 0.1) is 28.7 Å². The third-order valence-corrected chi connectivity index (χ3v) is 4.80. The maximum absolute atomic E-state index is 13.8. The third kappa shape index (κ3) is 3.75. The molecular weight excluding hydrogens is 424 g/mol. The first-order valence-corrected chi connectivity index (χ1v) is 9.06. The van der Waals surface area contributed by atoms with Gasteiger partial charge in [-0.15, -0.1) is 0 Å². The summed E-state index contributed by atoms with van der Waals surface area (Å²) < 4.78 is 82.8. The van der Waals surface area contributed by atoms with Crippen molar-refractivity contribution in [3.05, 3.63) is 70.9 Å². The van der Waals surface area contributed by atoms with Crippen molar-refractivity contribution in [2.24, 2.45) is 0 Å². The zero-order valence-corrected chi connectivity index (χ0v) is 16.2. The molecule has 3 aromatic rings. The van der Waals surface area contributed by atoms with Crippen molar-refractivity contribution < 1.29 is 26.3 Å². The number of rotatable bonds is 2. The fourth-order valence-electron chi connectivity index (χ4n) is 3.69. The average molecular weight is 439 g/mol. The smallest absolute Gasteiger partial charge is 0.358 e. The Labute approximate surface area is 172 Å². The molecular formula is C20H15F6N5. The number of benzene rings is 1. The fourth-order valence-corrected chi connectivity index (χ4v) is 3.69. The van der Waals surface area contributed by atoms with Crippen LogP contribution in [0.3, 0.4) is 0 Å². The van der Waals surface area contributed by atoms with Crippen molar-refractivity contribution in [2.75, 3.05) is 10.2 Å². The van der Waals surface area contributed by atoms with E-state index in [1.165, 1.54) is 29.4 Å². The Hall–Kier alpha value is -3.37. The molecule has 0 saturated carbocycles. The van der Waals surface area contributed by atoms with Gasteiger partial charge >= 0.3 is 12.4 Å². The van der Waals surface area contributed by atoms with Crippen LogP contribution in [0.25, 0.3) is 0 Å². The van der Waals surface area contributed by atoms with Crippen LogP contribution in [0.2, 0.25) is 0 Å². The molecule has 2 aromatic heterocycles. The molecule has 0 amide bonds. The molecule has 0 radical (unpaired) electrons. The quantitative estimate of drug-likeness (QED) is 0.513. The van der Waals surface area contributed by atoms with Crippen molar-refractivity contribution >= 4 is 17.2 Å². The van der Waals surface area contributed by atoms with Crippen molar-refractivity contribution in [1.82, 2.24) is 15.0 Å². The van der Waals surface area contributed by atoms with Crippen molar-refractivity contribution in [1.29, 1.82) is 0 Å². The lowest BCUT2D eigenvalue weighted by Crippen LogP contribution is -2.30. The van der Waals surface area contributed by atoms with Gasteiger partial charge in [-0.25, -0.2) is 9.97 Å². The molecule has 5 nitrogen and oxygen atoms in total. The molecule has 4 rings (SSSR count). The molecule has 1 aliphatic rings. The van der Waals surface area contributed by atoms with Gasteiger partial charge in [-0.1, -0.05) is 6.07 Å². The van der Waals surface area contributed by atoms with E-state index >= 15 is 0 Å². The van der Waals surface area contributed by atoms with E-state index in [-0.39, 0.29) is 11.5 Å². The van der Waals surface area contributed by atoms with Crippen LogP contribution in [-0.2, 0) is 12.4 Å². The Morgan fingerprint density at radius 3 is 2.16 bits per heavy atom. The lowest BCUT2D eigenvalue weighted by atomic mass is 9.96. The number of halogens is 6. The predicted molar refractivity (Wildman–Crippen MR) is 101 cm³/mol. The largest absolute Gasteiger partial charge is 0.416 e. The highest BCUT2D eigenvalue weighted by molar-refractivity contribution is 5.82. The summed E-state index contributed by atoms with van der Waals surface area (Å²) in [5.41, 5.74) is -2.55. The number of alkyl halides is 6. The van der Waals surface area contributed by atoms with Gasteiger partial charge < -0.3 is 5.32 Å². The molecule has 1 aliphatic heterocycles. The monoisotopic (exact) mass is 439 g/mol. The Bertz CT molecular complexity index is 1090. The molecule has 1 aromatic carbocycles. The lowest BCUT2D eigenvalue weighted by Gasteiger charge is -2.30. The minimum absolute atomic E-state index is 0.164.